The first-order chi connectivity index (χ1) is 8.19. The normalized spacial score (nSPS) is 10.6. The largest absolute Gasteiger partial charge is 0.461 e. The molecule has 2 heterocycles. The predicted octanol–water partition coefficient (Wildman–Crippen LogP) is 1.70. The quantitative estimate of drug-likeness (QED) is 0.840. The summed E-state index contributed by atoms with van der Waals surface area (Å²) >= 11 is 0. The standard InChI is InChI=1S/C11H15N5O/c1-7(2)17-11-15-9(8-5-4-6-13-8)14-10(12-3)16-11/h4-7,13H,1-3H3,(H,12,14,15,16). The van der Waals surface area contributed by atoms with Crippen molar-refractivity contribution in [1.82, 2.24) is 19.9 Å². The molecule has 2 aromatic heterocycles. The highest BCUT2D eigenvalue weighted by Gasteiger charge is 2.10. The smallest absolute Gasteiger partial charge is 0.322 e. The molecule has 0 unspecified atom stereocenters. The molecule has 0 saturated carbocycles. The summed E-state index contributed by atoms with van der Waals surface area (Å²) in [5.41, 5.74) is 0.831. The Balaban J connectivity index is 2.38. The molecule has 0 saturated heterocycles. The molecule has 0 amide bonds. The molecule has 0 spiro atoms. The summed E-state index contributed by atoms with van der Waals surface area (Å²) in [6.45, 7) is 3.86. The number of H-pyrrole nitrogens is 1. The van der Waals surface area contributed by atoms with Gasteiger partial charge in [0.15, 0.2) is 5.82 Å². The van der Waals surface area contributed by atoms with E-state index < -0.39 is 0 Å². The molecule has 0 aromatic carbocycles. The van der Waals surface area contributed by atoms with Crippen molar-refractivity contribution in [3.05, 3.63) is 18.3 Å². The van der Waals surface area contributed by atoms with Crippen molar-refractivity contribution >= 4 is 5.95 Å². The molecule has 2 rings (SSSR count). The monoisotopic (exact) mass is 233 g/mol. The maximum atomic E-state index is 5.48. The van der Waals surface area contributed by atoms with Gasteiger partial charge in [0.1, 0.15) is 0 Å². The molecule has 2 aromatic rings. The molecule has 0 aliphatic rings. The van der Waals surface area contributed by atoms with Crippen LogP contribution < -0.4 is 10.1 Å². The summed E-state index contributed by atoms with van der Waals surface area (Å²) in [5.74, 6) is 1.05. The number of rotatable bonds is 4. The van der Waals surface area contributed by atoms with Gasteiger partial charge in [-0.1, -0.05) is 0 Å². The molecule has 0 radical (unpaired) electrons. The lowest BCUT2D eigenvalue weighted by molar-refractivity contribution is 0.222. The highest BCUT2D eigenvalue weighted by molar-refractivity contribution is 5.51. The van der Waals surface area contributed by atoms with E-state index in [1.54, 1.807) is 7.05 Å². The first-order valence-electron chi connectivity index (χ1n) is 5.43. The number of hydrogen-bond acceptors (Lipinski definition) is 5. The minimum atomic E-state index is 0.0265. The van der Waals surface area contributed by atoms with Gasteiger partial charge in [-0.15, -0.1) is 0 Å². The van der Waals surface area contributed by atoms with Crippen molar-refractivity contribution in [2.75, 3.05) is 12.4 Å². The Kier molecular flexibility index (Phi) is 3.22. The van der Waals surface area contributed by atoms with Crippen molar-refractivity contribution in [3.63, 3.8) is 0 Å². The van der Waals surface area contributed by atoms with Gasteiger partial charge in [0.05, 0.1) is 11.8 Å². The minimum absolute atomic E-state index is 0.0265. The maximum absolute atomic E-state index is 5.48. The Bertz CT molecular complexity index is 481. The van der Waals surface area contributed by atoms with Gasteiger partial charge in [-0.3, -0.25) is 0 Å². The van der Waals surface area contributed by atoms with Gasteiger partial charge in [-0.2, -0.15) is 15.0 Å². The van der Waals surface area contributed by atoms with Crippen LogP contribution in [0.4, 0.5) is 5.95 Å². The second kappa shape index (κ2) is 4.82. The fourth-order valence-electron chi connectivity index (χ4n) is 1.32. The highest BCUT2D eigenvalue weighted by atomic mass is 16.5. The van der Waals surface area contributed by atoms with E-state index in [2.05, 4.69) is 25.3 Å². The van der Waals surface area contributed by atoms with Crippen LogP contribution in [0.25, 0.3) is 11.5 Å². The lowest BCUT2D eigenvalue weighted by Gasteiger charge is -2.09. The average Bonchev–Trinajstić information content (AvgIpc) is 2.81. The van der Waals surface area contributed by atoms with Crippen LogP contribution in [0.15, 0.2) is 18.3 Å². The lowest BCUT2D eigenvalue weighted by atomic mass is 10.4. The minimum Gasteiger partial charge on any atom is -0.461 e. The van der Waals surface area contributed by atoms with E-state index in [0.29, 0.717) is 17.8 Å². The summed E-state index contributed by atoms with van der Waals surface area (Å²) in [5, 5.41) is 2.89. The molecule has 2 N–H and O–H groups in total. The molecule has 0 aliphatic carbocycles. The maximum Gasteiger partial charge on any atom is 0.322 e. The topological polar surface area (TPSA) is 75.7 Å². The van der Waals surface area contributed by atoms with Crippen LogP contribution >= 0.6 is 0 Å². The van der Waals surface area contributed by atoms with E-state index in [0.717, 1.165) is 5.69 Å². The van der Waals surface area contributed by atoms with E-state index in [9.17, 15) is 0 Å². The Morgan fingerprint density at radius 1 is 1.29 bits per heavy atom. The third kappa shape index (κ3) is 2.72. The Morgan fingerprint density at radius 3 is 2.71 bits per heavy atom. The Labute approximate surface area is 99.5 Å². The summed E-state index contributed by atoms with van der Waals surface area (Å²) in [6, 6.07) is 4.11. The molecule has 0 atom stereocenters. The molecular weight excluding hydrogens is 218 g/mol. The zero-order valence-corrected chi connectivity index (χ0v) is 10.1. The molecule has 6 heteroatoms. The third-order valence-electron chi connectivity index (χ3n) is 2.02. The Morgan fingerprint density at radius 2 is 2.12 bits per heavy atom. The molecule has 90 valence electrons. The van der Waals surface area contributed by atoms with Crippen molar-refractivity contribution in [1.29, 1.82) is 0 Å². The number of hydrogen-bond donors (Lipinski definition) is 2. The van der Waals surface area contributed by atoms with Crippen LogP contribution in [0.5, 0.6) is 6.01 Å². The van der Waals surface area contributed by atoms with Gasteiger partial charge in [0.2, 0.25) is 5.95 Å². The first kappa shape index (κ1) is 11.4. The number of anilines is 1. The van der Waals surface area contributed by atoms with Gasteiger partial charge < -0.3 is 15.0 Å². The first-order valence-corrected chi connectivity index (χ1v) is 5.43. The van der Waals surface area contributed by atoms with E-state index in [-0.39, 0.29) is 6.10 Å². The highest BCUT2D eigenvalue weighted by Crippen LogP contribution is 2.17. The zero-order valence-electron chi connectivity index (χ0n) is 10.1. The Hall–Kier alpha value is -2.11. The van der Waals surface area contributed by atoms with E-state index >= 15 is 0 Å². The summed E-state index contributed by atoms with van der Waals surface area (Å²) < 4.78 is 5.48. The van der Waals surface area contributed by atoms with Crippen molar-refractivity contribution in [2.45, 2.75) is 20.0 Å². The van der Waals surface area contributed by atoms with E-state index in [4.69, 9.17) is 4.74 Å². The summed E-state index contributed by atoms with van der Waals surface area (Å²) in [7, 11) is 1.76. The van der Waals surface area contributed by atoms with Gasteiger partial charge in [0.25, 0.3) is 0 Å². The molecular formula is C11H15N5O. The van der Waals surface area contributed by atoms with Crippen molar-refractivity contribution in [3.8, 4) is 17.5 Å². The SMILES string of the molecule is CNc1nc(OC(C)C)nc(-c2ccc[nH]2)n1. The third-order valence-corrected chi connectivity index (χ3v) is 2.02. The van der Waals surface area contributed by atoms with Gasteiger partial charge in [0, 0.05) is 13.2 Å². The number of aromatic nitrogens is 4. The van der Waals surface area contributed by atoms with Crippen molar-refractivity contribution < 1.29 is 4.74 Å². The molecule has 0 aliphatic heterocycles. The predicted molar refractivity (Wildman–Crippen MR) is 64.9 cm³/mol. The van der Waals surface area contributed by atoms with Crippen molar-refractivity contribution in [2.24, 2.45) is 0 Å². The fraction of sp³-hybridized carbons (Fsp3) is 0.364. The number of ether oxygens (including phenoxy) is 1. The van der Waals surface area contributed by atoms with Crippen LogP contribution in [-0.2, 0) is 0 Å². The van der Waals surface area contributed by atoms with Crippen LogP contribution in [-0.4, -0.2) is 33.1 Å². The molecule has 17 heavy (non-hydrogen) atoms. The van der Waals surface area contributed by atoms with Crippen LogP contribution in [0, 0.1) is 0 Å². The van der Waals surface area contributed by atoms with E-state index in [1.807, 2.05) is 32.2 Å². The van der Waals surface area contributed by atoms with Gasteiger partial charge in [-0.05, 0) is 26.0 Å². The van der Waals surface area contributed by atoms with Crippen LogP contribution in [0.3, 0.4) is 0 Å². The molecule has 0 fully saturated rings. The van der Waals surface area contributed by atoms with Crippen LogP contribution in [0.1, 0.15) is 13.8 Å². The second-order valence-corrected chi connectivity index (χ2v) is 3.77. The fourth-order valence-corrected chi connectivity index (χ4v) is 1.32. The summed E-state index contributed by atoms with van der Waals surface area (Å²) in [6.07, 6.45) is 1.85. The molecule has 6 nitrogen and oxygen atoms in total. The summed E-state index contributed by atoms with van der Waals surface area (Å²) in [4.78, 5) is 15.7. The number of nitrogens with zero attached hydrogens (tertiary/aromatic N) is 3. The second-order valence-electron chi connectivity index (χ2n) is 3.77. The lowest BCUT2D eigenvalue weighted by Crippen LogP contribution is -2.11. The average molecular weight is 233 g/mol. The van der Waals surface area contributed by atoms with E-state index in [1.165, 1.54) is 0 Å². The van der Waals surface area contributed by atoms with Gasteiger partial charge in [-0.25, -0.2) is 0 Å². The number of aromatic amines is 1. The zero-order chi connectivity index (χ0) is 12.3. The molecule has 0 bridgehead atoms. The number of nitrogens with one attached hydrogen (secondary N) is 2. The van der Waals surface area contributed by atoms with Crippen LogP contribution in [0.2, 0.25) is 0 Å². The van der Waals surface area contributed by atoms with Gasteiger partial charge >= 0.3 is 6.01 Å².